The number of hydrogen-bond donors (Lipinski definition) is 0. The molecule has 5 heteroatoms. The Hall–Kier alpha value is -6.46. The van der Waals surface area contributed by atoms with Crippen molar-refractivity contribution in [3.63, 3.8) is 0 Å². The molecule has 220 valence electrons. The molecule has 0 aliphatic carbocycles. The molecule has 0 radical (unpaired) electrons. The number of hydrogen-bond acceptors (Lipinski definition) is 5. The van der Waals surface area contributed by atoms with Crippen molar-refractivity contribution >= 4 is 32.8 Å². The van der Waals surface area contributed by atoms with E-state index in [0.29, 0.717) is 17.5 Å². The number of nitrogens with zero attached hydrogens (tertiary/aromatic N) is 4. The molecule has 0 aliphatic heterocycles. The molecule has 3 aromatic heterocycles. The zero-order valence-corrected chi connectivity index (χ0v) is 25.2. The van der Waals surface area contributed by atoms with Gasteiger partial charge in [-0.1, -0.05) is 121 Å². The maximum Gasteiger partial charge on any atom is 0.167 e. The summed E-state index contributed by atoms with van der Waals surface area (Å²) in [5.41, 5.74) is 9.50. The second kappa shape index (κ2) is 11.2. The molecule has 0 spiro atoms. The van der Waals surface area contributed by atoms with Crippen molar-refractivity contribution in [1.82, 2.24) is 19.9 Å². The quantitative estimate of drug-likeness (QED) is 0.196. The van der Waals surface area contributed by atoms with Crippen LogP contribution in [0.1, 0.15) is 0 Å². The van der Waals surface area contributed by atoms with E-state index in [1.807, 2.05) is 91.1 Å². The zero-order chi connectivity index (χ0) is 31.2. The smallest absolute Gasteiger partial charge is 0.167 e. The summed E-state index contributed by atoms with van der Waals surface area (Å²) in [6, 6.07) is 51.6. The number of benzene rings is 6. The van der Waals surface area contributed by atoms with Gasteiger partial charge in [-0.05, 0) is 47.0 Å². The first-order valence-electron chi connectivity index (χ1n) is 15.6. The topological polar surface area (TPSA) is 64.7 Å². The van der Waals surface area contributed by atoms with Crippen LogP contribution in [0.25, 0.3) is 89.3 Å². The van der Waals surface area contributed by atoms with Gasteiger partial charge in [-0.15, -0.1) is 0 Å². The molecule has 0 amide bonds. The number of para-hydroxylation sites is 2. The average Bonchev–Trinajstić information content (AvgIpc) is 3.53. The lowest BCUT2D eigenvalue weighted by Gasteiger charge is -2.12. The number of aromatic nitrogens is 4. The third-order valence-electron chi connectivity index (χ3n) is 8.56. The fourth-order valence-corrected chi connectivity index (χ4v) is 6.29. The minimum Gasteiger partial charge on any atom is -0.455 e. The molecule has 0 unspecified atom stereocenters. The first-order valence-corrected chi connectivity index (χ1v) is 15.6. The second-order valence-corrected chi connectivity index (χ2v) is 11.5. The molecule has 5 nitrogen and oxygen atoms in total. The van der Waals surface area contributed by atoms with E-state index >= 15 is 0 Å². The minimum absolute atomic E-state index is 0.554. The molecule has 0 N–H and O–H groups in total. The predicted octanol–water partition coefficient (Wildman–Crippen LogP) is 10.7. The number of furan rings is 1. The van der Waals surface area contributed by atoms with Gasteiger partial charge in [0, 0.05) is 39.0 Å². The maximum atomic E-state index is 6.55. The van der Waals surface area contributed by atoms with Crippen LogP contribution < -0.4 is 0 Å². The van der Waals surface area contributed by atoms with Gasteiger partial charge in [0.15, 0.2) is 17.5 Å². The molecule has 0 saturated heterocycles. The Bertz CT molecular complexity index is 2510. The highest BCUT2D eigenvalue weighted by Gasteiger charge is 2.20. The van der Waals surface area contributed by atoms with Gasteiger partial charge in [-0.2, -0.15) is 0 Å². The van der Waals surface area contributed by atoms with Crippen LogP contribution in [0.5, 0.6) is 0 Å². The van der Waals surface area contributed by atoms with Crippen LogP contribution >= 0.6 is 0 Å². The molecule has 0 atom stereocenters. The lowest BCUT2D eigenvalue weighted by Crippen LogP contribution is -2.00. The molecule has 6 aromatic carbocycles. The fraction of sp³-hybridized carbons (Fsp3) is 0. The summed E-state index contributed by atoms with van der Waals surface area (Å²) >= 11 is 0. The standard InChI is InChI=1S/C42H26N4O/c1-3-12-28(13-4-1)40-44-41(29-14-5-2-6-15-29)46-42(45-40)36-26-32(25-35-34-20-7-8-22-37(34)47-39(35)36)30-17-9-18-31(24-30)33-21-10-16-27-19-11-23-43-38(27)33/h1-26H. The minimum atomic E-state index is 0.554. The summed E-state index contributed by atoms with van der Waals surface area (Å²) in [6.07, 6.45) is 1.85. The van der Waals surface area contributed by atoms with Crippen molar-refractivity contribution in [1.29, 1.82) is 0 Å². The van der Waals surface area contributed by atoms with Crippen molar-refractivity contribution < 1.29 is 4.42 Å². The summed E-state index contributed by atoms with van der Waals surface area (Å²) in [5.74, 6) is 1.77. The molecule has 0 aliphatic rings. The monoisotopic (exact) mass is 602 g/mol. The van der Waals surface area contributed by atoms with Crippen LogP contribution in [0.4, 0.5) is 0 Å². The van der Waals surface area contributed by atoms with E-state index in [9.17, 15) is 0 Å². The average molecular weight is 603 g/mol. The third kappa shape index (κ3) is 4.82. The van der Waals surface area contributed by atoms with E-state index in [1.54, 1.807) is 0 Å². The number of pyridine rings is 1. The maximum absolute atomic E-state index is 6.55. The van der Waals surface area contributed by atoms with E-state index in [-0.39, 0.29) is 0 Å². The first kappa shape index (κ1) is 26.9. The van der Waals surface area contributed by atoms with Gasteiger partial charge in [-0.3, -0.25) is 4.98 Å². The summed E-state index contributed by atoms with van der Waals surface area (Å²) in [7, 11) is 0. The van der Waals surface area contributed by atoms with Crippen LogP contribution in [0.2, 0.25) is 0 Å². The van der Waals surface area contributed by atoms with Gasteiger partial charge in [0.2, 0.25) is 0 Å². The van der Waals surface area contributed by atoms with E-state index in [4.69, 9.17) is 24.4 Å². The zero-order valence-electron chi connectivity index (χ0n) is 25.2. The SMILES string of the molecule is c1ccc(-c2nc(-c3ccccc3)nc(-c3cc(-c4cccc(-c5cccc6cccnc56)c4)cc4c3oc3ccccc34)n2)cc1. The lowest BCUT2D eigenvalue weighted by atomic mass is 9.95. The van der Waals surface area contributed by atoms with Crippen molar-refractivity contribution in [3.8, 4) is 56.4 Å². The molecule has 9 aromatic rings. The predicted molar refractivity (Wildman–Crippen MR) is 190 cm³/mol. The molecular weight excluding hydrogens is 576 g/mol. The summed E-state index contributed by atoms with van der Waals surface area (Å²) in [4.78, 5) is 19.8. The molecule has 9 rings (SSSR count). The van der Waals surface area contributed by atoms with Gasteiger partial charge < -0.3 is 4.42 Å². The van der Waals surface area contributed by atoms with E-state index < -0.39 is 0 Å². The fourth-order valence-electron chi connectivity index (χ4n) is 6.29. The Balaban J connectivity index is 1.29. The Kier molecular flexibility index (Phi) is 6.39. The molecule has 0 saturated carbocycles. The summed E-state index contributed by atoms with van der Waals surface area (Å²) < 4.78 is 6.55. The highest BCUT2D eigenvalue weighted by Crippen LogP contribution is 2.40. The van der Waals surface area contributed by atoms with Crippen molar-refractivity contribution in [2.24, 2.45) is 0 Å². The van der Waals surface area contributed by atoms with Gasteiger partial charge in [0.05, 0.1) is 11.1 Å². The second-order valence-electron chi connectivity index (χ2n) is 11.5. The van der Waals surface area contributed by atoms with Crippen molar-refractivity contribution in [2.45, 2.75) is 0 Å². The van der Waals surface area contributed by atoms with Crippen LogP contribution in [0, 0.1) is 0 Å². The summed E-state index contributed by atoms with van der Waals surface area (Å²) in [5, 5.41) is 3.16. The number of rotatable bonds is 5. The lowest BCUT2D eigenvalue weighted by molar-refractivity contribution is 0.669. The van der Waals surface area contributed by atoms with Crippen LogP contribution in [0.3, 0.4) is 0 Å². The Labute approximate surface area is 270 Å². The van der Waals surface area contributed by atoms with Gasteiger partial charge >= 0.3 is 0 Å². The van der Waals surface area contributed by atoms with E-state index in [2.05, 4.69) is 66.7 Å². The summed E-state index contributed by atoms with van der Waals surface area (Å²) in [6.45, 7) is 0. The van der Waals surface area contributed by atoms with Crippen LogP contribution in [-0.2, 0) is 0 Å². The van der Waals surface area contributed by atoms with Gasteiger partial charge in [-0.25, -0.2) is 15.0 Å². The highest BCUT2D eigenvalue weighted by atomic mass is 16.3. The van der Waals surface area contributed by atoms with Crippen molar-refractivity contribution in [3.05, 3.63) is 158 Å². The Morgan fingerprint density at radius 1 is 0.404 bits per heavy atom. The molecule has 47 heavy (non-hydrogen) atoms. The molecule has 3 heterocycles. The third-order valence-corrected chi connectivity index (χ3v) is 8.56. The van der Waals surface area contributed by atoms with E-state index in [1.165, 1.54) is 0 Å². The highest BCUT2D eigenvalue weighted by molar-refractivity contribution is 6.11. The normalized spacial score (nSPS) is 11.4. The Morgan fingerprint density at radius 2 is 1.04 bits per heavy atom. The van der Waals surface area contributed by atoms with Gasteiger partial charge in [0.25, 0.3) is 0 Å². The Morgan fingerprint density at radius 3 is 1.83 bits per heavy atom. The van der Waals surface area contributed by atoms with Crippen molar-refractivity contribution in [2.75, 3.05) is 0 Å². The van der Waals surface area contributed by atoms with Gasteiger partial charge in [0.1, 0.15) is 11.2 Å². The first-order chi connectivity index (χ1) is 23.3. The van der Waals surface area contributed by atoms with Crippen LogP contribution in [-0.4, -0.2) is 19.9 Å². The largest absolute Gasteiger partial charge is 0.455 e. The molecule has 0 bridgehead atoms. The van der Waals surface area contributed by atoms with E-state index in [0.717, 1.165) is 71.8 Å². The van der Waals surface area contributed by atoms with Crippen LogP contribution in [0.15, 0.2) is 162 Å². The molecular formula is C42H26N4O. The molecule has 0 fully saturated rings. The number of fused-ring (bicyclic) bond motifs is 4.